The van der Waals surface area contributed by atoms with Gasteiger partial charge in [0.15, 0.2) is 0 Å². The molecular formula is C15H20N2O3S. The monoisotopic (exact) mass is 308 g/mol. The number of hydrogen-bond acceptors (Lipinski definition) is 3. The highest BCUT2D eigenvalue weighted by atomic mass is 32.2. The molecule has 6 heteroatoms. The van der Waals surface area contributed by atoms with Gasteiger partial charge < -0.3 is 9.67 Å². The summed E-state index contributed by atoms with van der Waals surface area (Å²) < 4.78 is 13.4. The van der Waals surface area contributed by atoms with Crippen molar-refractivity contribution in [2.45, 2.75) is 32.7 Å². The van der Waals surface area contributed by atoms with Crippen molar-refractivity contribution in [2.24, 2.45) is 0 Å². The van der Waals surface area contributed by atoms with Crippen LogP contribution in [0.5, 0.6) is 0 Å². The van der Waals surface area contributed by atoms with Gasteiger partial charge in [-0.3, -0.25) is 4.21 Å². The molecule has 1 unspecified atom stereocenters. The summed E-state index contributed by atoms with van der Waals surface area (Å²) in [6.45, 7) is 6.75. The minimum absolute atomic E-state index is 0.169. The average molecular weight is 308 g/mol. The summed E-state index contributed by atoms with van der Waals surface area (Å²) in [5.41, 5.74) is 1.62. The maximum Gasteiger partial charge on any atom is 0.335 e. The van der Waals surface area contributed by atoms with Crippen LogP contribution in [0.2, 0.25) is 0 Å². The summed E-state index contributed by atoms with van der Waals surface area (Å²) in [6, 6.07) is 4.93. The molecule has 21 heavy (non-hydrogen) atoms. The van der Waals surface area contributed by atoms with E-state index in [1.807, 2.05) is 4.57 Å². The fraction of sp³-hybridized carbons (Fsp3) is 0.467. The molecule has 0 saturated heterocycles. The van der Waals surface area contributed by atoms with E-state index in [2.05, 4.69) is 25.8 Å². The Morgan fingerprint density at radius 2 is 2.05 bits per heavy atom. The number of aromatic nitrogens is 2. The van der Waals surface area contributed by atoms with Crippen LogP contribution >= 0.6 is 0 Å². The van der Waals surface area contributed by atoms with Gasteiger partial charge in [0.1, 0.15) is 5.82 Å². The van der Waals surface area contributed by atoms with Gasteiger partial charge in [-0.1, -0.05) is 20.8 Å². The van der Waals surface area contributed by atoms with Crippen LogP contribution in [0.3, 0.4) is 0 Å². The van der Waals surface area contributed by atoms with Gasteiger partial charge in [-0.25, -0.2) is 9.78 Å². The molecule has 2 rings (SSSR count). The molecule has 1 heterocycles. The van der Waals surface area contributed by atoms with Crippen molar-refractivity contribution in [3.05, 3.63) is 29.6 Å². The summed E-state index contributed by atoms with van der Waals surface area (Å²) >= 11 is 0. The number of hydrogen-bond donors (Lipinski definition) is 1. The van der Waals surface area contributed by atoms with Gasteiger partial charge in [-0.05, 0) is 18.2 Å². The second-order valence-electron chi connectivity index (χ2n) is 6.12. The Morgan fingerprint density at radius 3 is 2.57 bits per heavy atom. The van der Waals surface area contributed by atoms with Crippen molar-refractivity contribution >= 4 is 27.8 Å². The van der Waals surface area contributed by atoms with E-state index in [1.165, 1.54) is 0 Å². The second kappa shape index (κ2) is 5.60. The number of rotatable bonds is 4. The summed E-state index contributed by atoms with van der Waals surface area (Å²) in [5.74, 6) is 0.442. The van der Waals surface area contributed by atoms with Crippen molar-refractivity contribution in [3.63, 3.8) is 0 Å². The average Bonchev–Trinajstić information content (AvgIpc) is 2.73. The minimum atomic E-state index is -0.957. The van der Waals surface area contributed by atoms with Gasteiger partial charge in [0.05, 0.1) is 16.6 Å². The molecule has 0 radical (unpaired) electrons. The number of benzene rings is 1. The molecule has 0 aliphatic rings. The van der Waals surface area contributed by atoms with Crippen LogP contribution in [-0.4, -0.2) is 36.8 Å². The van der Waals surface area contributed by atoms with Crippen LogP contribution in [0, 0.1) is 0 Å². The molecule has 0 aliphatic heterocycles. The van der Waals surface area contributed by atoms with Crippen molar-refractivity contribution in [2.75, 3.05) is 12.0 Å². The van der Waals surface area contributed by atoms with Crippen LogP contribution in [0.4, 0.5) is 0 Å². The third-order valence-corrected chi connectivity index (χ3v) is 4.03. The lowest BCUT2D eigenvalue weighted by atomic mass is 9.96. The molecule has 0 bridgehead atoms. The molecule has 0 spiro atoms. The third kappa shape index (κ3) is 3.32. The molecule has 0 aliphatic carbocycles. The van der Waals surface area contributed by atoms with E-state index >= 15 is 0 Å². The summed E-state index contributed by atoms with van der Waals surface area (Å²) in [5, 5.41) is 9.14. The lowest BCUT2D eigenvalue weighted by molar-refractivity contribution is 0.0697. The molecule has 0 fully saturated rings. The highest BCUT2D eigenvalue weighted by Crippen LogP contribution is 2.27. The molecule has 0 amide bonds. The molecule has 114 valence electrons. The van der Waals surface area contributed by atoms with Crippen LogP contribution in [0.25, 0.3) is 11.0 Å². The topological polar surface area (TPSA) is 72.2 Å². The number of carboxylic acid groups (broad SMARTS) is 1. The first kappa shape index (κ1) is 15.7. The molecule has 1 aromatic heterocycles. The Hall–Kier alpha value is -1.69. The number of aromatic carboxylic acids is 1. The zero-order chi connectivity index (χ0) is 15.8. The Balaban J connectivity index is 2.64. The zero-order valence-corrected chi connectivity index (χ0v) is 13.5. The fourth-order valence-corrected chi connectivity index (χ4v) is 2.71. The van der Waals surface area contributed by atoms with Crippen LogP contribution in [0.1, 0.15) is 37.0 Å². The lowest BCUT2D eigenvalue weighted by Gasteiger charge is -2.20. The second-order valence-corrected chi connectivity index (χ2v) is 7.68. The van der Waals surface area contributed by atoms with Gasteiger partial charge in [0.25, 0.3) is 0 Å². The third-order valence-electron chi connectivity index (χ3n) is 3.27. The number of aryl methyl sites for hydroxylation is 1. The number of imidazole rings is 1. The molecule has 2 aromatic rings. The molecule has 1 N–H and O–H groups in total. The largest absolute Gasteiger partial charge is 0.478 e. The maximum atomic E-state index is 11.4. The fourth-order valence-electron chi connectivity index (χ4n) is 2.27. The van der Waals surface area contributed by atoms with Crippen LogP contribution in [-0.2, 0) is 22.8 Å². The number of carbonyl (C=O) groups is 1. The molecule has 0 saturated carbocycles. The van der Waals surface area contributed by atoms with E-state index < -0.39 is 16.8 Å². The van der Waals surface area contributed by atoms with E-state index in [-0.39, 0.29) is 11.0 Å². The Labute approximate surface area is 126 Å². The molecular weight excluding hydrogens is 288 g/mol. The van der Waals surface area contributed by atoms with Crippen molar-refractivity contribution in [3.8, 4) is 0 Å². The Kier molecular flexibility index (Phi) is 4.18. The Morgan fingerprint density at radius 1 is 1.38 bits per heavy atom. The lowest BCUT2D eigenvalue weighted by Crippen LogP contribution is -2.20. The number of fused-ring (bicyclic) bond motifs is 1. The predicted octanol–water partition coefficient (Wildman–Crippen LogP) is 2.41. The van der Waals surface area contributed by atoms with Crippen molar-refractivity contribution < 1.29 is 14.1 Å². The van der Waals surface area contributed by atoms with Gasteiger partial charge in [0.2, 0.25) is 0 Å². The minimum Gasteiger partial charge on any atom is -0.478 e. The van der Waals surface area contributed by atoms with E-state index in [1.54, 1.807) is 24.5 Å². The summed E-state index contributed by atoms with van der Waals surface area (Å²) in [6.07, 6.45) is 1.67. The smallest absolute Gasteiger partial charge is 0.335 e. The summed E-state index contributed by atoms with van der Waals surface area (Å²) in [4.78, 5) is 15.8. The van der Waals surface area contributed by atoms with E-state index in [0.717, 1.165) is 16.9 Å². The van der Waals surface area contributed by atoms with E-state index in [4.69, 9.17) is 5.11 Å². The van der Waals surface area contributed by atoms with Crippen LogP contribution in [0.15, 0.2) is 18.2 Å². The first-order valence-corrected chi connectivity index (χ1v) is 8.47. The van der Waals surface area contributed by atoms with Crippen molar-refractivity contribution in [1.29, 1.82) is 0 Å². The zero-order valence-electron chi connectivity index (χ0n) is 12.7. The quantitative estimate of drug-likeness (QED) is 0.941. The highest BCUT2D eigenvalue weighted by Gasteiger charge is 2.23. The van der Waals surface area contributed by atoms with Crippen LogP contribution < -0.4 is 0 Å². The van der Waals surface area contributed by atoms with Gasteiger partial charge in [0, 0.05) is 34.8 Å². The predicted molar refractivity (Wildman–Crippen MR) is 84.3 cm³/mol. The van der Waals surface area contributed by atoms with Crippen molar-refractivity contribution in [1.82, 2.24) is 9.55 Å². The SMILES string of the molecule is CS(=O)CCn1c(C(C)(C)C)nc2ccc(C(=O)O)cc21. The Bertz CT molecular complexity index is 714. The number of carboxylic acids is 1. The van der Waals surface area contributed by atoms with Gasteiger partial charge in [-0.2, -0.15) is 0 Å². The first-order valence-electron chi connectivity index (χ1n) is 6.74. The molecule has 5 nitrogen and oxygen atoms in total. The standard InChI is InChI=1S/C15H20N2O3S/c1-15(2,3)14-16-11-6-5-10(13(18)19)9-12(11)17(14)7-8-21(4)20/h5-6,9H,7-8H2,1-4H3,(H,18,19). The van der Waals surface area contributed by atoms with E-state index in [0.29, 0.717) is 12.3 Å². The maximum absolute atomic E-state index is 11.4. The van der Waals surface area contributed by atoms with Gasteiger partial charge >= 0.3 is 5.97 Å². The molecule has 1 atom stereocenters. The van der Waals surface area contributed by atoms with Gasteiger partial charge in [-0.15, -0.1) is 0 Å². The summed E-state index contributed by atoms with van der Waals surface area (Å²) in [7, 11) is -0.907. The first-order chi connectivity index (χ1) is 9.70. The highest BCUT2D eigenvalue weighted by molar-refractivity contribution is 7.84. The normalized spacial score (nSPS) is 13.5. The molecule has 1 aromatic carbocycles. The number of nitrogens with zero attached hydrogens (tertiary/aromatic N) is 2. The van der Waals surface area contributed by atoms with E-state index in [9.17, 15) is 9.00 Å².